The van der Waals surface area contributed by atoms with Gasteiger partial charge in [0, 0.05) is 17.4 Å². The van der Waals surface area contributed by atoms with Gasteiger partial charge in [-0.2, -0.15) is 0 Å². The minimum atomic E-state index is -0.580. The molecular formula is C13H9BrFN3O3. The van der Waals surface area contributed by atoms with E-state index in [0.29, 0.717) is 4.47 Å². The number of hydrogen-bond acceptors (Lipinski definition) is 4. The lowest BCUT2D eigenvalue weighted by atomic mass is 10.1. The van der Waals surface area contributed by atoms with Crippen molar-refractivity contribution in [3.05, 3.63) is 62.4 Å². The first-order valence-electron chi connectivity index (χ1n) is 5.69. The van der Waals surface area contributed by atoms with Gasteiger partial charge in [0.1, 0.15) is 5.82 Å². The topological polar surface area (TPSA) is 98.3 Å². The summed E-state index contributed by atoms with van der Waals surface area (Å²) in [6.07, 6.45) is 0. The van der Waals surface area contributed by atoms with Crippen LogP contribution in [0.5, 0.6) is 0 Å². The number of amides is 1. The van der Waals surface area contributed by atoms with E-state index in [9.17, 15) is 19.3 Å². The fraction of sp³-hybridized carbons (Fsp3) is 0. The molecule has 0 saturated carbocycles. The molecule has 0 aliphatic carbocycles. The number of nitrogens with two attached hydrogens (primary N) is 1. The molecule has 0 aliphatic heterocycles. The van der Waals surface area contributed by atoms with Crippen molar-refractivity contribution in [2.24, 2.45) is 0 Å². The van der Waals surface area contributed by atoms with Crippen molar-refractivity contribution in [3.63, 3.8) is 0 Å². The molecule has 1 amide bonds. The van der Waals surface area contributed by atoms with Gasteiger partial charge in [0.2, 0.25) is 0 Å². The molecule has 0 bridgehead atoms. The molecule has 2 rings (SSSR count). The average molecular weight is 354 g/mol. The van der Waals surface area contributed by atoms with Gasteiger partial charge in [0.25, 0.3) is 11.6 Å². The highest BCUT2D eigenvalue weighted by atomic mass is 79.9. The van der Waals surface area contributed by atoms with E-state index in [-0.39, 0.29) is 22.6 Å². The van der Waals surface area contributed by atoms with E-state index >= 15 is 0 Å². The van der Waals surface area contributed by atoms with Gasteiger partial charge in [-0.15, -0.1) is 0 Å². The summed E-state index contributed by atoms with van der Waals surface area (Å²) in [6.45, 7) is 0. The Morgan fingerprint density at radius 1 is 1.29 bits per heavy atom. The minimum absolute atomic E-state index is 0.0147. The summed E-state index contributed by atoms with van der Waals surface area (Å²) in [4.78, 5) is 22.3. The maximum atomic E-state index is 12.9. The summed E-state index contributed by atoms with van der Waals surface area (Å²) < 4.78 is 13.2. The quantitative estimate of drug-likeness (QED) is 0.502. The second kappa shape index (κ2) is 5.88. The summed E-state index contributed by atoms with van der Waals surface area (Å²) in [5, 5.41) is 13.3. The number of nitrogen functional groups attached to an aromatic ring is 1. The van der Waals surface area contributed by atoms with Gasteiger partial charge in [-0.05, 0) is 46.3 Å². The van der Waals surface area contributed by atoms with Crippen molar-refractivity contribution in [2.75, 3.05) is 11.1 Å². The van der Waals surface area contributed by atoms with Crippen LogP contribution in [0.3, 0.4) is 0 Å². The fourth-order valence-electron chi connectivity index (χ4n) is 1.67. The molecule has 0 radical (unpaired) electrons. The minimum Gasteiger partial charge on any atom is -0.398 e. The van der Waals surface area contributed by atoms with Crippen LogP contribution < -0.4 is 11.1 Å². The van der Waals surface area contributed by atoms with Crippen LogP contribution in [-0.4, -0.2) is 10.8 Å². The fourth-order valence-corrected chi connectivity index (χ4v) is 2.06. The van der Waals surface area contributed by atoms with Gasteiger partial charge in [-0.1, -0.05) is 0 Å². The lowest BCUT2D eigenvalue weighted by Gasteiger charge is -2.08. The molecule has 3 N–H and O–H groups in total. The zero-order valence-electron chi connectivity index (χ0n) is 10.5. The Hall–Kier alpha value is -2.48. The highest BCUT2D eigenvalue weighted by Crippen LogP contribution is 2.28. The van der Waals surface area contributed by atoms with Crippen molar-refractivity contribution in [2.45, 2.75) is 0 Å². The van der Waals surface area contributed by atoms with Crippen molar-refractivity contribution in [3.8, 4) is 0 Å². The maximum Gasteiger partial charge on any atom is 0.285 e. The Bertz CT molecular complexity index is 737. The summed E-state index contributed by atoms with van der Waals surface area (Å²) in [7, 11) is 0. The van der Waals surface area contributed by atoms with E-state index in [4.69, 9.17) is 5.73 Å². The number of nitrogens with one attached hydrogen (secondary N) is 1. The third-order valence-electron chi connectivity index (χ3n) is 2.66. The molecule has 0 atom stereocenters. The third kappa shape index (κ3) is 3.34. The van der Waals surface area contributed by atoms with Crippen molar-refractivity contribution in [1.29, 1.82) is 0 Å². The normalized spacial score (nSPS) is 10.2. The number of benzene rings is 2. The molecule has 0 aromatic heterocycles. The monoisotopic (exact) mass is 353 g/mol. The lowest BCUT2D eigenvalue weighted by Crippen LogP contribution is -2.14. The number of nitro benzene ring substituents is 1. The molecule has 6 nitrogen and oxygen atoms in total. The summed E-state index contributed by atoms with van der Waals surface area (Å²) >= 11 is 3.05. The zero-order valence-corrected chi connectivity index (χ0v) is 12.1. The predicted molar refractivity (Wildman–Crippen MR) is 79.6 cm³/mol. The van der Waals surface area contributed by atoms with Gasteiger partial charge in [-0.3, -0.25) is 14.9 Å². The molecule has 0 saturated heterocycles. The highest BCUT2D eigenvalue weighted by molar-refractivity contribution is 9.10. The Morgan fingerprint density at radius 3 is 2.62 bits per heavy atom. The molecule has 8 heteroatoms. The SMILES string of the molecule is Nc1cc(F)ccc1C(=O)Nc1ccc(Br)c([N+](=O)[O-])c1. The number of rotatable bonds is 3. The van der Waals surface area contributed by atoms with Crippen LogP contribution in [0.25, 0.3) is 0 Å². The van der Waals surface area contributed by atoms with Crippen molar-refractivity contribution < 1.29 is 14.1 Å². The summed E-state index contributed by atoms with van der Waals surface area (Å²) in [5.41, 5.74) is 5.69. The van der Waals surface area contributed by atoms with E-state index < -0.39 is 16.6 Å². The van der Waals surface area contributed by atoms with Crippen LogP contribution in [0.15, 0.2) is 40.9 Å². The smallest absolute Gasteiger partial charge is 0.285 e. The first kappa shape index (κ1) is 14.9. The molecule has 0 aliphatic rings. The van der Waals surface area contributed by atoms with E-state index in [2.05, 4.69) is 21.2 Å². The number of carbonyl (C=O) groups is 1. The van der Waals surface area contributed by atoms with E-state index in [1.54, 1.807) is 0 Å². The summed E-state index contributed by atoms with van der Waals surface area (Å²) in [5.74, 6) is -1.13. The number of hydrogen-bond donors (Lipinski definition) is 2. The second-order valence-electron chi connectivity index (χ2n) is 4.11. The van der Waals surface area contributed by atoms with E-state index in [1.807, 2.05) is 0 Å². The van der Waals surface area contributed by atoms with Gasteiger partial charge >= 0.3 is 0 Å². The molecule has 2 aromatic carbocycles. The predicted octanol–water partition coefficient (Wildman–Crippen LogP) is 3.33. The first-order valence-corrected chi connectivity index (χ1v) is 6.48. The Morgan fingerprint density at radius 2 is 2.00 bits per heavy atom. The number of anilines is 2. The maximum absolute atomic E-state index is 12.9. The van der Waals surface area contributed by atoms with Gasteiger partial charge in [0.15, 0.2) is 0 Å². The van der Waals surface area contributed by atoms with Gasteiger partial charge in [-0.25, -0.2) is 4.39 Å². The second-order valence-corrected chi connectivity index (χ2v) is 4.96. The largest absolute Gasteiger partial charge is 0.398 e. The molecule has 21 heavy (non-hydrogen) atoms. The van der Waals surface area contributed by atoms with Crippen LogP contribution in [0.1, 0.15) is 10.4 Å². The van der Waals surface area contributed by atoms with Gasteiger partial charge in [0.05, 0.1) is 15.0 Å². The number of nitro groups is 1. The van der Waals surface area contributed by atoms with Crippen molar-refractivity contribution in [1.82, 2.24) is 0 Å². The zero-order chi connectivity index (χ0) is 15.6. The molecular weight excluding hydrogens is 345 g/mol. The van der Waals surface area contributed by atoms with Crippen LogP contribution in [0.4, 0.5) is 21.5 Å². The molecule has 0 fully saturated rings. The number of carbonyl (C=O) groups excluding carboxylic acids is 1. The average Bonchev–Trinajstić information content (AvgIpc) is 2.40. The molecule has 0 heterocycles. The third-order valence-corrected chi connectivity index (χ3v) is 3.33. The van der Waals surface area contributed by atoms with E-state index in [1.165, 1.54) is 24.3 Å². The Labute approximate surface area is 127 Å². The standard InChI is InChI=1S/C13H9BrFN3O3/c14-10-4-2-8(6-12(10)18(20)21)17-13(19)9-3-1-7(15)5-11(9)16/h1-6H,16H2,(H,17,19). The highest BCUT2D eigenvalue weighted by Gasteiger charge is 2.15. The number of nitrogens with zero attached hydrogens (tertiary/aromatic N) is 1. The van der Waals surface area contributed by atoms with Crippen LogP contribution >= 0.6 is 15.9 Å². The molecule has 0 spiro atoms. The summed E-state index contributed by atoms with van der Waals surface area (Å²) in [6, 6.07) is 7.53. The molecule has 2 aromatic rings. The van der Waals surface area contributed by atoms with Crippen LogP contribution in [-0.2, 0) is 0 Å². The Kier molecular flexibility index (Phi) is 4.18. The first-order chi connectivity index (χ1) is 9.88. The van der Waals surface area contributed by atoms with Crippen LogP contribution in [0.2, 0.25) is 0 Å². The Balaban J connectivity index is 2.27. The van der Waals surface area contributed by atoms with E-state index in [0.717, 1.165) is 12.1 Å². The lowest BCUT2D eigenvalue weighted by molar-refractivity contribution is -0.385. The molecule has 108 valence electrons. The number of halogens is 2. The van der Waals surface area contributed by atoms with Crippen molar-refractivity contribution >= 4 is 38.9 Å². The van der Waals surface area contributed by atoms with Gasteiger partial charge < -0.3 is 11.1 Å². The van der Waals surface area contributed by atoms with Crippen LogP contribution in [0, 0.1) is 15.9 Å². The molecule has 0 unspecified atom stereocenters.